The van der Waals surface area contributed by atoms with Crippen LogP contribution >= 0.6 is 0 Å². The molecule has 1 heterocycles. The molecule has 0 saturated heterocycles. The first-order valence-electron chi connectivity index (χ1n) is 6.95. The number of para-hydroxylation sites is 1. The number of carbonyl (C=O) groups is 2. The van der Waals surface area contributed by atoms with Crippen molar-refractivity contribution in [1.29, 1.82) is 5.26 Å². The Morgan fingerprint density at radius 2 is 2.00 bits per heavy atom. The molecule has 1 aromatic carbocycles. The van der Waals surface area contributed by atoms with Gasteiger partial charge in [0.15, 0.2) is 6.10 Å². The Morgan fingerprint density at radius 3 is 2.65 bits per heavy atom. The van der Waals surface area contributed by atoms with Crippen molar-refractivity contribution in [3.8, 4) is 6.07 Å². The summed E-state index contributed by atoms with van der Waals surface area (Å²) >= 11 is 0. The van der Waals surface area contributed by atoms with E-state index in [1.54, 1.807) is 43.3 Å². The molecule has 0 saturated carbocycles. The minimum absolute atomic E-state index is 0.271. The first kappa shape index (κ1) is 16.2. The third-order valence-electron chi connectivity index (χ3n) is 3.11. The molecule has 1 aromatic heterocycles. The van der Waals surface area contributed by atoms with Gasteiger partial charge in [-0.15, -0.1) is 0 Å². The van der Waals surface area contributed by atoms with Crippen molar-refractivity contribution < 1.29 is 14.3 Å². The number of hydrogen-bond acceptors (Lipinski definition) is 5. The number of anilines is 1. The Balaban J connectivity index is 2.01. The van der Waals surface area contributed by atoms with Crippen LogP contribution in [0.25, 0.3) is 0 Å². The number of amides is 1. The lowest BCUT2D eigenvalue weighted by atomic mass is 10.2. The van der Waals surface area contributed by atoms with E-state index in [9.17, 15) is 9.59 Å². The number of nitrogens with one attached hydrogen (secondary N) is 1. The van der Waals surface area contributed by atoms with Crippen LogP contribution in [0.2, 0.25) is 0 Å². The summed E-state index contributed by atoms with van der Waals surface area (Å²) in [5.41, 5.74) is 1.76. The normalized spacial score (nSPS) is 11.2. The summed E-state index contributed by atoms with van der Waals surface area (Å²) in [5.74, 6) is -1.14. The third-order valence-corrected chi connectivity index (χ3v) is 3.11. The Kier molecular flexibility index (Phi) is 5.05. The van der Waals surface area contributed by atoms with Crippen LogP contribution in [0.5, 0.6) is 0 Å². The van der Waals surface area contributed by atoms with E-state index < -0.39 is 18.0 Å². The largest absolute Gasteiger partial charge is 0.449 e. The highest BCUT2D eigenvalue weighted by Crippen LogP contribution is 2.14. The number of aromatic nitrogens is 1. The summed E-state index contributed by atoms with van der Waals surface area (Å²) in [6.45, 7) is 3.27. The number of benzene rings is 1. The highest BCUT2D eigenvalue weighted by atomic mass is 16.5. The molecule has 1 atom stereocenters. The summed E-state index contributed by atoms with van der Waals surface area (Å²) in [6.07, 6.45) is 0.392. The number of nitriles is 1. The molecule has 0 unspecified atom stereocenters. The summed E-state index contributed by atoms with van der Waals surface area (Å²) in [6, 6.07) is 11.8. The fraction of sp³-hybridized carbons (Fsp3) is 0.176. The standard InChI is InChI=1S/C17H15N3O3/c1-11-7-8-14(10-19-11)17(22)23-12(2)16(21)20-15-6-4-3-5-13(15)9-18/h3-8,10,12H,1-2H3,(H,20,21)/t12-/m0/s1. The molecule has 1 amide bonds. The molecular formula is C17H15N3O3. The summed E-state index contributed by atoms with van der Waals surface area (Å²) < 4.78 is 5.11. The third kappa shape index (κ3) is 4.14. The molecule has 6 nitrogen and oxygen atoms in total. The van der Waals surface area contributed by atoms with E-state index in [1.807, 2.05) is 6.07 Å². The molecule has 0 spiro atoms. The fourth-order valence-corrected chi connectivity index (χ4v) is 1.79. The maximum absolute atomic E-state index is 12.1. The van der Waals surface area contributed by atoms with Gasteiger partial charge in [-0.05, 0) is 38.1 Å². The van der Waals surface area contributed by atoms with Crippen LogP contribution < -0.4 is 5.32 Å². The van der Waals surface area contributed by atoms with Crippen molar-refractivity contribution in [3.05, 3.63) is 59.4 Å². The van der Waals surface area contributed by atoms with Gasteiger partial charge in [0, 0.05) is 11.9 Å². The molecule has 1 N–H and O–H groups in total. The number of esters is 1. The maximum atomic E-state index is 12.1. The Labute approximate surface area is 133 Å². The van der Waals surface area contributed by atoms with Crippen molar-refractivity contribution in [2.24, 2.45) is 0 Å². The van der Waals surface area contributed by atoms with Gasteiger partial charge in [-0.2, -0.15) is 5.26 Å². The van der Waals surface area contributed by atoms with Gasteiger partial charge in [0.2, 0.25) is 0 Å². The zero-order valence-electron chi connectivity index (χ0n) is 12.7. The number of nitrogens with zero attached hydrogens (tertiary/aromatic N) is 2. The average molecular weight is 309 g/mol. The molecule has 0 aliphatic heterocycles. The number of hydrogen-bond donors (Lipinski definition) is 1. The molecular weight excluding hydrogens is 294 g/mol. The van der Waals surface area contributed by atoms with E-state index in [1.165, 1.54) is 13.1 Å². The first-order chi connectivity index (χ1) is 11.0. The molecule has 0 radical (unpaired) electrons. The SMILES string of the molecule is Cc1ccc(C(=O)O[C@@H](C)C(=O)Nc2ccccc2C#N)cn1. The lowest BCUT2D eigenvalue weighted by molar-refractivity contribution is -0.123. The predicted molar refractivity (Wildman–Crippen MR) is 83.6 cm³/mol. The second-order valence-corrected chi connectivity index (χ2v) is 4.88. The quantitative estimate of drug-likeness (QED) is 0.876. The Bertz CT molecular complexity index is 763. The van der Waals surface area contributed by atoms with Gasteiger partial charge in [0.1, 0.15) is 6.07 Å². The highest BCUT2D eigenvalue weighted by Gasteiger charge is 2.20. The smallest absolute Gasteiger partial charge is 0.340 e. The minimum Gasteiger partial charge on any atom is -0.449 e. The second kappa shape index (κ2) is 7.18. The van der Waals surface area contributed by atoms with Gasteiger partial charge in [0.05, 0.1) is 16.8 Å². The number of aryl methyl sites for hydroxylation is 1. The Morgan fingerprint density at radius 1 is 1.26 bits per heavy atom. The van der Waals surface area contributed by atoms with Crippen molar-refractivity contribution in [3.63, 3.8) is 0 Å². The van der Waals surface area contributed by atoms with Gasteiger partial charge in [0.25, 0.3) is 5.91 Å². The molecule has 0 fully saturated rings. The van der Waals surface area contributed by atoms with Crippen LogP contribution in [0.3, 0.4) is 0 Å². The molecule has 2 rings (SSSR count). The zero-order chi connectivity index (χ0) is 16.8. The van der Waals surface area contributed by atoms with Gasteiger partial charge >= 0.3 is 5.97 Å². The molecule has 23 heavy (non-hydrogen) atoms. The summed E-state index contributed by atoms with van der Waals surface area (Å²) in [4.78, 5) is 28.0. The fourth-order valence-electron chi connectivity index (χ4n) is 1.79. The van der Waals surface area contributed by atoms with Crippen LogP contribution in [0, 0.1) is 18.3 Å². The molecule has 0 aliphatic carbocycles. The van der Waals surface area contributed by atoms with Crippen molar-refractivity contribution in [1.82, 2.24) is 4.98 Å². The molecule has 0 aliphatic rings. The zero-order valence-corrected chi connectivity index (χ0v) is 12.7. The second-order valence-electron chi connectivity index (χ2n) is 4.88. The van der Waals surface area contributed by atoms with E-state index in [4.69, 9.17) is 10.00 Å². The lowest BCUT2D eigenvalue weighted by Crippen LogP contribution is -2.30. The van der Waals surface area contributed by atoms with Crippen molar-refractivity contribution in [2.45, 2.75) is 20.0 Å². The van der Waals surface area contributed by atoms with E-state index in [-0.39, 0.29) is 5.56 Å². The van der Waals surface area contributed by atoms with Crippen LogP contribution in [-0.2, 0) is 9.53 Å². The van der Waals surface area contributed by atoms with E-state index in [0.717, 1.165) is 5.69 Å². The minimum atomic E-state index is -1.00. The van der Waals surface area contributed by atoms with E-state index in [2.05, 4.69) is 10.3 Å². The monoisotopic (exact) mass is 309 g/mol. The number of pyridine rings is 1. The van der Waals surface area contributed by atoms with Crippen LogP contribution in [-0.4, -0.2) is 23.0 Å². The molecule has 2 aromatic rings. The first-order valence-corrected chi connectivity index (χ1v) is 6.95. The number of carbonyl (C=O) groups excluding carboxylic acids is 2. The van der Waals surface area contributed by atoms with Gasteiger partial charge in [-0.3, -0.25) is 9.78 Å². The molecule has 6 heteroatoms. The lowest BCUT2D eigenvalue weighted by Gasteiger charge is -2.14. The molecule has 0 bridgehead atoms. The topological polar surface area (TPSA) is 92.1 Å². The average Bonchev–Trinajstić information content (AvgIpc) is 2.55. The van der Waals surface area contributed by atoms with Crippen molar-refractivity contribution in [2.75, 3.05) is 5.32 Å². The van der Waals surface area contributed by atoms with Crippen LogP contribution in [0.4, 0.5) is 5.69 Å². The van der Waals surface area contributed by atoms with Crippen LogP contribution in [0.1, 0.15) is 28.5 Å². The summed E-state index contributed by atoms with van der Waals surface area (Å²) in [7, 11) is 0. The van der Waals surface area contributed by atoms with Gasteiger partial charge in [-0.25, -0.2) is 4.79 Å². The Hall–Kier alpha value is -3.20. The maximum Gasteiger partial charge on any atom is 0.340 e. The number of rotatable bonds is 4. The summed E-state index contributed by atoms with van der Waals surface area (Å²) in [5, 5.41) is 11.6. The van der Waals surface area contributed by atoms with Gasteiger partial charge in [-0.1, -0.05) is 12.1 Å². The van der Waals surface area contributed by atoms with Crippen molar-refractivity contribution >= 4 is 17.6 Å². The number of ether oxygens (including phenoxy) is 1. The van der Waals surface area contributed by atoms with Gasteiger partial charge < -0.3 is 10.1 Å². The molecule has 116 valence electrons. The van der Waals surface area contributed by atoms with E-state index >= 15 is 0 Å². The van der Waals surface area contributed by atoms with Crippen LogP contribution in [0.15, 0.2) is 42.6 Å². The predicted octanol–water partition coefficient (Wildman–Crippen LogP) is 2.45. The highest BCUT2D eigenvalue weighted by molar-refractivity contribution is 5.97. The van der Waals surface area contributed by atoms with E-state index in [0.29, 0.717) is 11.3 Å².